The minimum atomic E-state index is -0.984. The molecule has 0 radical (unpaired) electrons. The fraction of sp³-hybridized carbons (Fsp3) is 0.300. The first-order chi connectivity index (χ1) is 6.69. The van der Waals surface area contributed by atoms with Crippen molar-refractivity contribution in [2.75, 3.05) is 25.7 Å². The van der Waals surface area contributed by atoms with E-state index in [1.807, 2.05) is 0 Å². The van der Waals surface area contributed by atoms with E-state index in [4.69, 9.17) is 4.74 Å². The van der Waals surface area contributed by atoms with E-state index in [1.54, 1.807) is 31.4 Å². The topological polar surface area (TPSA) is 29.5 Å². The average Bonchev–Trinajstić information content (AvgIpc) is 2.27. The third-order valence-corrected chi connectivity index (χ3v) is 1.95. The van der Waals surface area contributed by atoms with Crippen molar-refractivity contribution in [2.24, 2.45) is 0 Å². The summed E-state index contributed by atoms with van der Waals surface area (Å²) in [6.45, 7) is -0.984. The molecule has 0 unspecified atom stereocenters. The van der Waals surface area contributed by atoms with Crippen LogP contribution in [0.5, 0.6) is 5.75 Å². The Balaban J connectivity index is 2.81. The van der Waals surface area contributed by atoms with Crippen molar-refractivity contribution in [1.82, 2.24) is 0 Å². The second-order valence-electron chi connectivity index (χ2n) is 2.78. The lowest BCUT2D eigenvalue weighted by Crippen LogP contribution is -2.27. The van der Waals surface area contributed by atoms with Gasteiger partial charge in [0.2, 0.25) is 0 Å². The molecule has 0 N–H and O–H groups in total. The normalized spacial score (nSPS) is 9.64. The van der Waals surface area contributed by atoms with Gasteiger partial charge in [-0.1, -0.05) is 0 Å². The average molecular weight is 197 g/mol. The number of carbonyl (C=O) groups excluding carboxylic acids is 1. The highest BCUT2D eigenvalue weighted by molar-refractivity contribution is 5.93. The van der Waals surface area contributed by atoms with Crippen LogP contribution in [0.2, 0.25) is 0 Å². The minimum Gasteiger partial charge on any atom is -0.497 e. The molecule has 14 heavy (non-hydrogen) atoms. The molecule has 0 heterocycles. The molecule has 3 nitrogen and oxygen atoms in total. The molecular weight excluding hydrogens is 185 g/mol. The highest BCUT2D eigenvalue weighted by Gasteiger charge is 2.09. The van der Waals surface area contributed by atoms with Crippen molar-refractivity contribution in [3.05, 3.63) is 24.3 Å². The van der Waals surface area contributed by atoms with Crippen molar-refractivity contribution >= 4 is 11.6 Å². The molecule has 0 atom stereocenters. The fourth-order valence-electron chi connectivity index (χ4n) is 1.04. The molecule has 0 aromatic heterocycles. The lowest BCUT2D eigenvalue weighted by atomic mass is 10.3. The molecule has 1 amide bonds. The quantitative estimate of drug-likeness (QED) is 0.737. The van der Waals surface area contributed by atoms with Gasteiger partial charge in [-0.25, -0.2) is 4.39 Å². The van der Waals surface area contributed by atoms with Crippen LogP contribution in [-0.4, -0.2) is 26.7 Å². The first-order valence-corrected chi connectivity index (χ1v) is 4.15. The van der Waals surface area contributed by atoms with Crippen molar-refractivity contribution in [3.63, 3.8) is 0 Å². The second kappa shape index (κ2) is 4.60. The number of anilines is 1. The molecule has 1 aromatic carbocycles. The third-order valence-electron chi connectivity index (χ3n) is 1.95. The highest BCUT2D eigenvalue weighted by atomic mass is 19.1. The number of rotatable bonds is 3. The summed E-state index contributed by atoms with van der Waals surface area (Å²) < 4.78 is 17.0. The van der Waals surface area contributed by atoms with Gasteiger partial charge < -0.3 is 9.64 Å². The van der Waals surface area contributed by atoms with Gasteiger partial charge in [-0.3, -0.25) is 4.79 Å². The number of hydrogen-bond donors (Lipinski definition) is 0. The van der Waals surface area contributed by atoms with E-state index in [0.29, 0.717) is 11.4 Å². The van der Waals surface area contributed by atoms with Crippen molar-refractivity contribution in [2.45, 2.75) is 0 Å². The molecule has 0 aliphatic carbocycles. The van der Waals surface area contributed by atoms with Crippen LogP contribution in [-0.2, 0) is 4.79 Å². The number of nitrogens with zero attached hydrogens (tertiary/aromatic N) is 1. The Hall–Kier alpha value is -1.58. The molecule has 0 aliphatic heterocycles. The Morgan fingerprint density at radius 3 is 2.43 bits per heavy atom. The second-order valence-corrected chi connectivity index (χ2v) is 2.78. The number of amides is 1. The fourth-order valence-corrected chi connectivity index (χ4v) is 1.04. The zero-order valence-corrected chi connectivity index (χ0v) is 8.16. The van der Waals surface area contributed by atoms with Gasteiger partial charge >= 0.3 is 0 Å². The zero-order chi connectivity index (χ0) is 10.6. The smallest absolute Gasteiger partial charge is 0.258 e. The maximum Gasteiger partial charge on any atom is 0.258 e. The molecule has 0 aliphatic rings. The Morgan fingerprint density at radius 2 is 2.00 bits per heavy atom. The van der Waals surface area contributed by atoms with Gasteiger partial charge in [-0.15, -0.1) is 0 Å². The van der Waals surface area contributed by atoms with Crippen LogP contribution >= 0.6 is 0 Å². The SMILES string of the molecule is COc1ccc(N(C)C(=O)CF)cc1. The molecule has 0 fully saturated rings. The van der Waals surface area contributed by atoms with Gasteiger partial charge in [0.1, 0.15) is 5.75 Å². The van der Waals surface area contributed by atoms with Crippen molar-refractivity contribution in [3.8, 4) is 5.75 Å². The maximum atomic E-state index is 12.1. The van der Waals surface area contributed by atoms with E-state index < -0.39 is 12.6 Å². The number of halogens is 1. The van der Waals surface area contributed by atoms with Crippen LogP contribution in [0.4, 0.5) is 10.1 Å². The Bertz CT molecular complexity index is 310. The molecule has 0 bridgehead atoms. The Labute approximate surface area is 82.1 Å². The number of alkyl halides is 1. The predicted molar refractivity (Wildman–Crippen MR) is 52.4 cm³/mol. The van der Waals surface area contributed by atoms with Gasteiger partial charge in [-0.2, -0.15) is 0 Å². The summed E-state index contributed by atoms with van der Waals surface area (Å²) in [7, 11) is 3.09. The van der Waals surface area contributed by atoms with Crippen LogP contribution in [0.3, 0.4) is 0 Å². The van der Waals surface area contributed by atoms with Crippen LogP contribution in [0.25, 0.3) is 0 Å². The molecule has 0 spiro atoms. The number of carbonyl (C=O) groups is 1. The van der Waals surface area contributed by atoms with E-state index >= 15 is 0 Å². The number of ether oxygens (including phenoxy) is 1. The van der Waals surface area contributed by atoms with Crippen molar-refractivity contribution < 1.29 is 13.9 Å². The van der Waals surface area contributed by atoms with Crippen LogP contribution < -0.4 is 9.64 Å². The van der Waals surface area contributed by atoms with Gasteiger partial charge in [-0.05, 0) is 24.3 Å². The largest absolute Gasteiger partial charge is 0.497 e. The summed E-state index contributed by atoms with van der Waals surface area (Å²) in [5, 5.41) is 0. The van der Waals surface area contributed by atoms with Crippen molar-refractivity contribution in [1.29, 1.82) is 0 Å². The minimum absolute atomic E-state index is 0.560. The number of hydrogen-bond acceptors (Lipinski definition) is 2. The molecule has 4 heteroatoms. The predicted octanol–water partition coefficient (Wildman–Crippen LogP) is 1.63. The number of methoxy groups -OCH3 is 1. The van der Waals surface area contributed by atoms with E-state index in [1.165, 1.54) is 11.9 Å². The summed E-state index contributed by atoms with van der Waals surface area (Å²) in [6, 6.07) is 6.84. The van der Waals surface area contributed by atoms with Crippen LogP contribution in [0.15, 0.2) is 24.3 Å². The van der Waals surface area contributed by atoms with E-state index in [-0.39, 0.29) is 0 Å². The van der Waals surface area contributed by atoms with Crippen LogP contribution in [0, 0.1) is 0 Å². The van der Waals surface area contributed by atoms with Gasteiger partial charge in [0.05, 0.1) is 7.11 Å². The lowest BCUT2D eigenvalue weighted by molar-refractivity contribution is -0.119. The lowest BCUT2D eigenvalue weighted by Gasteiger charge is -2.15. The molecule has 76 valence electrons. The maximum absolute atomic E-state index is 12.1. The summed E-state index contributed by atoms with van der Waals surface area (Å²) in [4.78, 5) is 12.2. The Kier molecular flexibility index (Phi) is 3.45. The summed E-state index contributed by atoms with van der Waals surface area (Å²) in [5.74, 6) is 0.144. The van der Waals surface area contributed by atoms with E-state index in [2.05, 4.69) is 0 Å². The summed E-state index contributed by atoms with van der Waals surface area (Å²) in [5.41, 5.74) is 0.647. The number of benzene rings is 1. The third kappa shape index (κ3) is 2.22. The van der Waals surface area contributed by atoms with Crippen LogP contribution in [0.1, 0.15) is 0 Å². The molecule has 1 rings (SSSR count). The van der Waals surface area contributed by atoms with Gasteiger partial charge in [0, 0.05) is 12.7 Å². The first-order valence-electron chi connectivity index (χ1n) is 4.15. The molecule has 0 saturated heterocycles. The van der Waals surface area contributed by atoms with E-state index in [9.17, 15) is 9.18 Å². The van der Waals surface area contributed by atoms with E-state index in [0.717, 1.165) is 0 Å². The summed E-state index contributed by atoms with van der Waals surface area (Å²) >= 11 is 0. The molecule has 0 saturated carbocycles. The standard InChI is InChI=1S/C10H12FNO2/c1-12(10(13)7-11)8-3-5-9(14-2)6-4-8/h3-6H,7H2,1-2H3. The Morgan fingerprint density at radius 1 is 1.43 bits per heavy atom. The molecule has 1 aromatic rings. The monoisotopic (exact) mass is 197 g/mol. The molecular formula is C10H12FNO2. The zero-order valence-electron chi connectivity index (χ0n) is 8.16. The summed E-state index contributed by atoms with van der Waals surface area (Å²) in [6.07, 6.45) is 0. The first kappa shape index (κ1) is 10.5. The van der Waals surface area contributed by atoms with Gasteiger partial charge in [0.15, 0.2) is 6.67 Å². The van der Waals surface area contributed by atoms with Gasteiger partial charge in [0.25, 0.3) is 5.91 Å². The highest BCUT2D eigenvalue weighted by Crippen LogP contribution is 2.17.